The molecule has 146 valence electrons. The van der Waals surface area contributed by atoms with Crippen LogP contribution in [0.5, 0.6) is 5.88 Å². The fourth-order valence-corrected chi connectivity index (χ4v) is 3.06. The third kappa shape index (κ3) is 4.25. The molecule has 2 aromatic carbocycles. The van der Waals surface area contributed by atoms with Gasteiger partial charge in [-0.3, -0.25) is 0 Å². The van der Waals surface area contributed by atoms with Crippen LogP contribution in [-0.2, 0) is 0 Å². The second kappa shape index (κ2) is 7.75. The van der Waals surface area contributed by atoms with Crippen molar-refractivity contribution in [3.63, 3.8) is 0 Å². The number of halogens is 5. The van der Waals surface area contributed by atoms with E-state index < -0.39 is 24.5 Å². The SMILES string of the molecule is Cc1ccc(-c2c(C)nnc(OCC(F)(F)F)c2-c2c(F)cccc2Cl)cc1. The highest BCUT2D eigenvalue weighted by atomic mass is 35.5. The maximum absolute atomic E-state index is 14.7. The van der Waals surface area contributed by atoms with Gasteiger partial charge in [-0.2, -0.15) is 18.3 Å². The van der Waals surface area contributed by atoms with Gasteiger partial charge in [-0.1, -0.05) is 47.5 Å². The molecule has 0 radical (unpaired) electrons. The molecule has 0 aliphatic rings. The fourth-order valence-electron chi connectivity index (χ4n) is 2.80. The number of alkyl halides is 3. The summed E-state index contributed by atoms with van der Waals surface area (Å²) in [6, 6.07) is 11.2. The number of benzene rings is 2. The van der Waals surface area contributed by atoms with Gasteiger partial charge in [0.15, 0.2) is 6.61 Å². The summed E-state index contributed by atoms with van der Waals surface area (Å²) in [5, 5.41) is 7.69. The molecule has 0 aliphatic carbocycles. The van der Waals surface area contributed by atoms with E-state index in [4.69, 9.17) is 16.3 Å². The van der Waals surface area contributed by atoms with E-state index in [1.54, 1.807) is 19.1 Å². The van der Waals surface area contributed by atoms with Gasteiger partial charge < -0.3 is 4.74 Å². The zero-order valence-electron chi connectivity index (χ0n) is 14.9. The highest BCUT2D eigenvalue weighted by Gasteiger charge is 2.31. The molecule has 0 saturated heterocycles. The van der Waals surface area contributed by atoms with Crippen LogP contribution in [0.1, 0.15) is 11.3 Å². The lowest BCUT2D eigenvalue weighted by molar-refractivity contribution is -0.154. The zero-order chi connectivity index (χ0) is 20.5. The van der Waals surface area contributed by atoms with Gasteiger partial charge in [0.05, 0.1) is 16.3 Å². The number of rotatable bonds is 4. The minimum absolute atomic E-state index is 0.0256. The molecule has 0 fully saturated rings. The standard InChI is InChI=1S/C20H15ClF4N2O/c1-11-6-8-13(9-7-11)16-12(2)26-27-19(28-10-20(23,24)25)18(16)17-14(21)4-3-5-15(17)22/h3-9H,10H2,1-2H3. The minimum atomic E-state index is -4.59. The van der Waals surface area contributed by atoms with Crippen molar-refractivity contribution in [1.29, 1.82) is 0 Å². The second-order valence-electron chi connectivity index (χ2n) is 6.21. The van der Waals surface area contributed by atoms with Crippen LogP contribution in [0.25, 0.3) is 22.3 Å². The predicted octanol–water partition coefficient (Wildman–Crippen LogP) is 6.16. The lowest BCUT2D eigenvalue weighted by atomic mass is 9.93. The Balaban J connectivity index is 2.30. The van der Waals surface area contributed by atoms with Crippen LogP contribution in [0.4, 0.5) is 17.6 Å². The van der Waals surface area contributed by atoms with Crippen LogP contribution in [-0.4, -0.2) is 23.0 Å². The van der Waals surface area contributed by atoms with Gasteiger partial charge in [-0.05, 0) is 31.5 Å². The first kappa shape index (κ1) is 20.1. The second-order valence-corrected chi connectivity index (χ2v) is 6.61. The van der Waals surface area contributed by atoms with Crippen molar-refractivity contribution in [2.24, 2.45) is 0 Å². The normalized spacial score (nSPS) is 11.5. The molecule has 0 amide bonds. The number of hydrogen-bond donors (Lipinski definition) is 0. The van der Waals surface area contributed by atoms with E-state index in [2.05, 4.69) is 10.2 Å². The van der Waals surface area contributed by atoms with Crippen molar-refractivity contribution in [3.05, 3.63) is 64.6 Å². The molecule has 3 aromatic rings. The van der Waals surface area contributed by atoms with Crippen LogP contribution >= 0.6 is 11.6 Å². The summed E-state index contributed by atoms with van der Waals surface area (Å²) in [5.74, 6) is -1.14. The zero-order valence-corrected chi connectivity index (χ0v) is 15.7. The average molecular weight is 411 g/mol. The van der Waals surface area contributed by atoms with E-state index in [1.165, 1.54) is 18.2 Å². The third-order valence-corrected chi connectivity index (χ3v) is 4.36. The number of hydrogen-bond acceptors (Lipinski definition) is 3. The monoisotopic (exact) mass is 410 g/mol. The summed E-state index contributed by atoms with van der Waals surface area (Å²) in [5.41, 5.74) is 2.36. The molecule has 3 nitrogen and oxygen atoms in total. The lowest BCUT2D eigenvalue weighted by Gasteiger charge is -2.18. The minimum Gasteiger partial charge on any atom is -0.466 e. The highest BCUT2D eigenvalue weighted by Crippen LogP contribution is 2.43. The summed E-state index contributed by atoms with van der Waals surface area (Å²) in [6.45, 7) is 1.94. The topological polar surface area (TPSA) is 35.0 Å². The van der Waals surface area contributed by atoms with Crippen molar-refractivity contribution in [2.45, 2.75) is 20.0 Å². The van der Waals surface area contributed by atoms with E-state index in [0.29, 0.717) is 16.8 Å². The molecular weight excluding hydrogens is 396 g/mol. The Hall–Kier alpha value is -2.67. The van der Waals surface area contributed by atoms with Gasteiger partial charge >= 0.3 is 6.18 Å². The van der Waals surface area contributed by atoms with E-state index >= 15 is 0 Å². The first-order valence-electron chi connectivity index (χ1n) is 8.25. The highest BCUT2D eigenvalue weighted by molar-refractivity contribution is 6.33. The van der Waals surface area contributed by atoms with E-state index in [1.807, 2.05) is 19.1 Å². The Labute approximate surface area is 163 Å². The predicted molar refractivity (Wildman–Crippen MR) is 98.9 cm³/mol. The Morgan fingerprint density at radius 1 is 0.929 bits per heavy atom. The molecule has 8 heteroatoms. The van der Waals surface area contributed by atoms with Crippen molar-refractivity contribution >= 4 is 11.6 Å². The van der Waals surface area contributed by atoms with Gasteiger partial charge in [0.25, 0.3) is 0 Å². The maximum atomic E-state index is 14.7. The van der Waals surface area contributed by atoms with Gasteiger partial charge in [-0.25, -0.2) is 4.39 Å². The number of ether oxygens (including phenoxy) is 1. The van der Waals surface area contributed by atoms with Crippen LogP contribution in [0.3, 0.4) is 0 Å². The molecule has 28 heavy (non-hydrogen) atoms. The molecule has 1 aromatic heterocycles. The molecular formula is C20H15ClF4N2O. The van der Waals surface area contributed by atoms with E-state index in [0.717, 1.165) is 5.56 Å². The Morgan fingerprint density at radius 2 is 1.61 bits per heavy atom. The largest absolute Gasteiger partial charge is 0.466 e. The molecule has 3 rings (SSSR count). The third-order valence-electron chi connectivity index (χ3n) is 4.04. The van der Waals surface area contributed by atoms with Crippen LogP contribution in [0.2, 0.25) is 5.02 Å². The first-order chi connectivity index (χ1) is 13.2. The van der Waals surface area contributed by atoms with Gasteiger partial charge in [0.2, 0.25) is 5.88 Å². The molecule has 0 saturated carbocycles. The quantitative estimate of drug-likeness (QED) is 0.483. The molecule has 0 atom stereocenters. The summed E-state index contributed by atoms with van der Waals surface area (Å²) in [7, 11) is 0. The van der Waals surface area contributed by atoms with E-state index in [-0.39, 0.29) is 16.1 Å². The van der Waals surface area contributed by atoms with E-state index in [9.17, 15) is 17.6 Å². The Kier molecular flexibility index (Phi) is 5.56. The van der Waals surface area contributed by atoms with Gasteiger partial charge in [0.1, 0.15) is 5.82 Å². The summed E-state index contributed by atoms with van der Waals surface area (Å²) in [6.07, 6.45) is -4.59. The Morgan fingerprint density at radius 3 is 2.21 bits per heavy atom. The number of aromatic nitrogens is 2. The maximum Gasteiger partial charge on any atom is 0.422 e. The summed E-state index contributed by atoms with van der Waals surface area (Å²) >= 11 is 6.20. The van der Waals surface area contributed by atoms with Gasteiger partial charge in [-0.15, -0.1) is 5.10 Å². The van der Waals surface area contributed by atoms with Crippen molar-refractivity contribution in [2.75, 3.05) is 6.61 Å². The van der Waals surface area contributed by atoms with Crippen LogP contribution in [0.15, 0.2) is 42.5 Å². The molecule has 1 heterocycles. The summed E-state index contributed by atoms with van der Waals surface area (Å²) in [4.78, 5) is 0. The fraction of sp³-hybridized carbons (Fsp3) is 0.200. The number of aryl methyl sites for hydroxylation is 2. The Bertz CT molecular complexity index is 984. The molecule has 0 bridgehead atoms. The van der Waals surface area contributed by atoms with Crippen molar-refractivity contribution < 1.29 is 22.3 Å². The average Bonchev–Trinajstić information content (AvgIpc) is 2.61. The molecule has 0 aliphatic heterocycles. The summed E-state index contributed by atoms with van der Waals surface area (Å²) < 4.78 is 57.7. The number of nitrogens with zero attached hydrogens (tertiary/aromatic N) is 2. The van der Waals surface area contributed by atoms with Crippen molar-refractivity contribution in [3.8, 4) is 28.1 Å². The van der Waals surface area contributed by atoms with Crippen LogP contribution in [0, 0.1) is 19.7 Å². The van der Waals surface area contributed by atoms with Crippen LogP contribution < -0.4 is 4.74 Å². The lowest BCUT2D eigenvalue weighted by Crippen LogP contribution is -2.20. The van der Waals surface area contributed by atoms with Crippen molar-refractivity contribution in [1.82, 2.24) is 10.2 Å². The molecule has 0 unspecified atom stereocenters. The first-order valence-corrected chi connectivity index (χ1v) is 8.63. The molecule has 0 N–H and O–H groups in total. The molecule has 0 spiro atoms. The van der Waals surface area contributed by atoms with Gasteiger partial charge in [0, 0.05) is 11.1 Å². The smallest absolute Gasteiger partial charge is 0.422 e.